The molecule has 2 aromatic carbocycles. The van der Waals surface area contributed by atoms with E-state index in [0.717, 1.165) is 12.8 Å². The monoisotopic (exact) mass is 370 g/mol. The number of aryl methyl sites for hydroxylation is 1. The quantitative estimate of drug-likeness (QED) is 0.840. The van der Waals surface area contributed by atoms with E-state index in [1.165, 1.54) is 5.56 Å². The van der Waals surface area contributed by atoms with E-state index in [0.29, 0.717) is 17.3 Å². The van der Waals surface area contributed by atoms with Crippen LogP contribution in [0.3, 0.4) is 0 Å². The fourth-order valence-corrected chi connectivity index (χ4v) is 3.49. The Morgan fingerprint density at radius 1 is 1.19 bits per heavy atom. The van der Waals surface area contributed by atoms with Gasteiger partial charge in [0.25, 0.3) is 0 Å². The Bertz CT molecular complexity index is 779. The Balaban J connectivity index is 1.54. The predicted octanol–water partition coefficient (Wildman–Crippen LogP) is 3.83. The van der Waals surface area contributed by atoms with Crippen LogP contribution in [0, 0.1) is 5.92 Å². The first-order valence-electron chi connectivity index (χ1n) is 8.94. The number of benzene rings is 2. The van der Waals surface area contributed by atoms with Gasteiger partial charge in [-0.1, -0.05) is 54.1 Å². The second-order valence-corrected chi connectivity index (χ2v) is 7.20. The van der Waals surface area contributed by atoms with Crippen molar-refractivity contribution in [2.45, 2.75) is 32.2 Å². The van der Waals surface area contributed by atoms with Crippen LogP contribution in [0.4, 0.5) is 5.69 Å². The molecule has 0 bridgehead atoms. The van der Waals surface area contributed by atoms with Gasteiger partial charge in [-0.25, -0.2) is 0 Å². The zero-order chi connectivity index (χ0) is 18.5. The van der Waals surface area contributed by atoms with E-state index in [-0.39, 0.29) is 30.2 Å². The Kier molecular flexibility index (Phi) is 5.94. The third-order valence-corrected chi connectivity index (χ3v) is 5.06. The summed E-state index contributed by atoms with van der Waals surface area (Å²) in [5, 5.41) is 3.57. The van der Waals surface area contributed by atoms with Gasteiger partial charge in [-0.2, -0.15) is 0 Å². The van der Waals surface area contributed by atoms with Crippen LogP contribution in [0.15, 0.2) is 54.6 Å². The molecule has 4 nitrogen and oxygen atoms in total. The molecule has 136 valence electrons. The highest BCUT2D eigenvalue weighted by atomic mass is 35.5. The maximum atomic E-state index is 12.6. The predicted molar refractivity (Wildman–Crippen MR) is 104 cm³/mol. The van der Waals surface area contributed by atoms with Gasteiger partial charge in [0, 0.05) is 19.0 Å². The van der Waals surface area contributed by atoms with Crippen molar-refractivity contribution in [1.82, 2.24) is 5.32 Å². The van der Waals surface area contributed by atoms with Crippen molar-refractivity contribution in [3.05, 3.63) is 65.2 Å². The van der Waals surface area contributed by atoms with Gasteiger partial charge >= 0.3 is 0 Å². The van der Waals surface area contributed by atoms with Crippen LogP contribution in [0.2, 0.25) is 5.02 Å². The molecular formula is C21H23ClN2O2. The van der Waals surface area contributed by atoms with Crippen LogP contribution >= 0.6 is 11.6 Å². The minimum atomic E-state index is -0.335. The lowest BCUT2D eigenvalue weighted by molar-refractivity contribution is -0.126. The zero-order valence-corrected chi connectivity index (χ0v) is 15.6. The molecule has 0 aliphatic carbocycles. The highest BCUT2D eigenvalue weighted by molar-refractivity contribution is 6.33. The maximum absolute atomic E-state index is 12.6. The second kappa shape index (κ2) is 8.37. The summed E-state index contributed by atoms with van der Waals surface area (Å²) in [6.45, 7) is 2.38. The van der Waals surface area contributed by atoms with Crippen LogP contribution in [0.5, 0.6) is 0 Å². The molecule has 26 heavy (non-hydrogen) atoms. The molecule has 0 saturated carbocycles. The van der Waals surface area contributed by atoms with E-state index in [1.807, 2.05) is 43.3 Å². The normalized spacial score (nSPS) is 18.0. The number of hydrogen-bond acceptors (Lipinski definition) is 2. The van der Waals surface area contributed by atoms with Crippen molar-refractivity contribution < 1.29 is 9.59 Å². The molecule has 1 aliphatic rings. The number of para-hydroxylation sites is 1. The van der Waals surface area contributed by atoms with Gasteiger partial charge in [-0.15, -0.1) is 0 Å². The smallest absolute Gasteiger partial charge is 0.227 e. The summed E-state index contributed by atoms with van der Waals surface area (Å²) >= 11 is 6.19. The number of rotatable bonds is 6. The minimum absolute atomic E-state index is 0.0600. The van der Waals surface area contributed by atoms with E-state index < -0.39 is 0 Å². The van der Waals surface area contributed by atoms with Crippen molar-refractivity contribution in [3.8, 4) is 0 Å². The van der Waals surface area contributed by atoms with Gasteiger partial charge in [0.2, 0.25) is 11.8 Å². The number of anilines is 1. The third kappa shape index (κ3) is 4.44. The first kappa shape index (κ1) is 18.5. The zero-order valence-electron chi connectivity index (χ0n) is 14.8. The molecule has 1 aliphatic heterocycles. The van der Waals surface area contributed by atoms with Crippen LogP contribution in [-0.4, -0.2) is 24.4 Å². The number of nitrogens with zero attached hydrogens (tertiary/aromatic N) is 1. The lowest BCUT2D eigenvalue weighted by Gasteiger charge is -2.19. The van der Waals surface area contributed by atoms with E-state index >= 15 is 0 Å². The first-order valence-corrected chi connectivity index (χ1v) is 9.31. The van der Waals surface area contributed by atoms with Crippen molar-refractivity contribution in [2.75, 3.05) is 11.4 Å². The highest BCUT2D eigenvalue weighted by Crippen LogP contribution is 2.31. The first-order chi connectivity index (χ1) is 12.5. The van der Waals surface area contributed by atoms with Crippen LogP contribution in [-0.2, 0) is 16.0 Å². The molecule has 1 heterocycles. The van der Waals surface area contributed by atoms with Gasteiger partial charge < -0.3 is 10.2 Å². The molecular weight excluding hydrogens is 348 g/mol. The van der Waals surface area contributed by atoms with Gasteiger partial charge in [0.1, 0.15) is 0 Å². The molecule has 0 aromatic heterocycles. The summed E-state index contributed by atoms with van der Waals surface area (Å²) in [6.07, 6.45) is 2.00. The molecule has 0 radical (unpaired) electrons. The van der Waals surface area contributed by atoms with E-state index in [2.05, 4.69) is 17.4 Å². The highest BCUT2D eigenvalue weighted by Gasteiger charge is 2.36. The number of carbonyl (C=O) groups excluding carboxylic acids is 2. The molecule has 1 saturated heterocycles. The summed E-state index contributed by atoms with van der Waals surface area (Å²) in [4.78, 5) is 26.5. The SMILES string of the molecule is C[C@H](CCc1ccccc1)NC(=O)[C@@H]1CC(=O)N(c2ccccc2Cl)C1. The van der Waals surface area contributed by atoms with E-state index in [9.17, 15) is 9.59 Å². The number of carbonyl (C=O) groups is 2. The maximum Gasteiger partial charge on any atom is 0.227 e. The van der Waals surface area contributed by atoms with Crippen molar-refractivity contribution in [3.63, 3.8) is 0 Å². The number of nitrogens with one attached hydrogen (secondary N) is 1. The molecule has 1 fully saturated rings. The summed E-state index contributed by atoms with van der Waals surface area (Å²) in [5.41, 5.74) is 1.93. The van der Waals surface area contributed by atoms with Crippen molar-refractivity contribution >= 4 is 29.1 Å². The molecule has 2 atom stereocenters. The van der Waals surface area contributed by atoms with Crippen LogP contribution in [0.1, 0.15) is 25.3 Å². The summed E-state index contributed by atoms with van der Waals surface area (Å²) in [6, 6.07) is 17.5. The molecule has 3 rings (SSSR count). The average Bonchev–Trinajstić information content (AvgIpc) is 3.03. The topological polar surface area (TPSA) is 49.4 Å². The van der Waals surface area contributed by atoms with Gasteiger partial charge in [-0.05, 0) is 37.5 Å². The molecule has 1 N–H and O–H groups in total. The largest absolute Gasteiger partial charge is 0.353 e. The average molecular weight is 371 g/mol. The van der Waals surface area contributed by atoms with Crippen LogP contribution < -0.4 is 10.2 Å². The van der Waals surface area contributed by atoms with Gasteiger partial charge in [-0.3, -0.25) is 9.59 Å². The fraction of sp³-hybridized carbons (Fsp3) is 0.333. The Labute approximate surface area is 159 Å². The summed E-state index contributed by atoms with van der Waals surface area (Å²) in [5.74, 6) is -0.457. The Morgan fingerprint density at radius 2 is 1.88 bits per heavy atom. The number of hydrogen-bond donors (Lipinski definition) is 1. The molecule has 0 spiro atoms. The van der Waals surface area contributed by atoms with E-state index in [4.69, 9.17) is 11.6 Å². The number of amides is 2. The Hall–Kier alpha value is -2.33. The van der Waals surface area contributed by atoms with E-state index in [1.54, 1.807) is 11.0 Å². The van der Waals surface area contributed by atoms with Gasteiger partial charge in [0.15, 0.2) is 0 Å². The van der Waals surface area contributed by atoms with Gasteiger partial charge in [0.05, 0.1) is 16.6 Å². The molecule has 2 amide bonds. The van der Waals surface area contributed by atoms with Crippen LogP contribution in [0.25, 0.3) is 0 Å². The second-order valence-electron chi connectivity index (χ2n) is 6.79. The van der Waals surface area contributed by atoms with Crippen molar-refractivity contribution in [1.29, 1.82) is 0 Å². The third-order valence-electron chi connectivity index (χ3n) is 4.74. The van der Waals surface area contributed by atoms with Crippen molar-refractivity contribution in [2.24, 2.45) is 5.92 Å². The Morgan fingerprint density at radius 3 is 2.62 bits per heavy atom. The molecule has 0 unspecified atom stereocenters. The molecule has 2 aromatic rings. The fourth-order valence-electron chi connectivity index (χ4n) is 3.25. The molecule has 5 heteroatoms. The lowest BCUT2D eigenvalue weighted by Crippen LogP contribution is -2.38. The number of halogens is 1. The summed E-state index contributed by atoms with van der Waals surface area (Å²) in [7, 11) is 0. The lowest BCUT2D eigenvalue weighted by atomic mass is 10.0. The standard InChI is InChI=1S/C21H23ClN2O2/c1-15(11-12-16-7-3-2-4-8-16)23-21(26)17-13-20(25)24(14-17)19-10-6-5-9-18(19)22/h2-10,15,17H,11-14H2,1H3,(H,23,26)/t15-,17-/m1/s1. The summed E-state index contributed by atoms with van der Waals surface area (Å²) < 4.78 is 0. The minimum Gasteiger partial charge on any atom is -0.353 e.